The van der Waals surface area contributed by atoms with Gasteiger partial charge in [0.05, 0.1) is 6.54 Å². The van der Waals surface area contributed by atoms with E-state index in [1.807, 2.05) is 20.8 Å². The van der Waals surface area contributed by atoms with Gasteiger partial charge in [0.25, 0.3) is 0 Å². The van der Waals surface area contributed by atoms with Gasteiger partial charge in [0.2, 0.25) is 5.91 Å². The Morgan fingerprint density at radius 1 is 1.36 bits per heavy atom. The number of nitrogens with zero attached hydrogens (tertiary/aromatic N) is 1. The molecule has 0 aromatic carbocycles. The number of rotatable bonds is 6. The van der Waals surface area contributed by atoms with Gasteiger partial charge in [0.15, 0.2) is 17.5 Å². The first kappa shape index (κ1) is 17.5. The Morgan fingerprint density at radius 3 is 2.55 bits per heavy atom. The summed E-state index contributed by atoms with van der Waals surface area (Å²) in [4.78, 5) is 38.6. The van der Waals surface area contributed by atoms with E-state index < -0.39 is 5.92 Å². The molecule has 1 amide bonds. The van der Waals surface area contributed by atoms with Crippen LogP contribution in [0.25, 0.3) is 0 Å². The van der Waals surface area contributed by atoms with Crippen molar-refractivity contribution in [1.82, 2.24) is 4.90 Å². The quantitative estimate of drug-likeness (QED) is 0.695. The van der Waals surface area contributed by atoms with E-state index in [1.165, 1.54) is 4.90 Å². The molecule has 1 aliphatic heterocycles. The molecule has 6 heteroatoms. The molecule has 1 aliphatic carbocycles. The van der Waals surface area contributed by atoms with Gasteiger partial charge >= 0.3 is 0 Å². The number of ketones is 2. The van der Waals surface area contributed by atoms with Crippen molar-refractivity contribution in [2.45, 2.75) is 33.6 Å². The van der Waals surface area contributed by atoms with Gasteiger partial charge in [-0.2, -0.15) is 0 Å². The van der Waals surface area contributed by atoms with Crippen LogP contribution in [-0.4, -0.2) is 35.5 Å². The summed E-state index contributed by atoms with van der Waals surface area (Å²) in [5, 5.41) is 0. The van der Waals surface area contributed by atoms with Crippen LogP contribution in [0.5, 0.6) is 0 Å². The average Bonchev–Trinajstić information content (AvgIpc) is 2.80. The highest BCUT2D eigenvalue weighted by Crippen LogP contribution is 2.61. The zero-order chi connectivity index (χ0) is 16.7. The van der Waals surface area contributed by atoms with Gasteiger partial charge in [-0.25, -0.2) is 0 Å². The molecule has 0 bridgehead atoms. The van der Waals surface area contributed by atoms with Crippen molar-refractivity contribution in [3.8, 4) is 0 Å². The summed E-state index contributed by atoms with van der Waals surface area (Å²) in [5.41, 5.74) is -0.316. The number of amides is 1. The first-order valence-electron chi connectivity index (χ1n) is 7.59. The molecule has 0 aromatic heterocycles. The maximum Gasteiger partial charge on any atom is 0.241 e. The maximum absolute atomic E-state index is 12.7. The molecule has 3 atom stereocenters. The number of carbonyl (C=O) groups is 3. The summed E-state index contributed by atoms with van der Waals surface area (Å²) < 4.78 is 0.113. The second kappa shape index (κ2) is 6.32. The molecule has 2 aliphatic rings. The van der Waals surface area contributed by atoms with Crippen LogP contribution in [0.4, 0.5) is 0 Å². The van der Waals surface area contributed by atoms with E-state index in [1.54, 1.807) is 6.08 Å². The summed E-state index contributed by atoms with van der Waals surface area (Å²) in [6.45, 7) is 6.46. The molecule has 0 spiro atoms. The van der Waals surface area contributed by atoms with Gasteiger partial charge in [-0.05, 0) is 23.8 Å². The van der Waals surface area contributed by atoms with Crippen molar-refractivity contribution >= 4 is 40.7 Å². The molecular weight excluding hydrogens is 325 g/mol. The Morgan fingerprint density at radius 2 is 2.00 bits per heavy atom. The van der Waals surface area contributed by atoms with Crippen molar-refractivity contribution in [1.29, 1.82) is 0 Å². The van der Waals surface area contributed by atoms with Crippen LogP contribution in [0.15, 0.2) is 10.6 Å². The summed E-state index contributed by atoms with van der Waals surface area (Å²) in [6.07, 6.45) is 3.40. The molecule has 0 aromatic rings. The Hall–Kier alpha value is -0.870. The van der Waals surface area contributed by atoms with Crippen LogP contribution in [0.3, 0.4) is 0 Å². The van der Waals surface area contributed by atoms with E-state index in [0.717, 1.165) is 12.8 Å². The lowest BCUT2D eigenvalue weighted by Crippen LogP contribution is -2.33. The predicted molar refractivity (Wildman–Crippen MR) is 85.5 cm³/mol. The topological polar surface area (TPSA) is 54.5 Å². The van der Waals surface area contributed by atoms with Gasteiger partial charge in [0.1, 0.15) is 4.49 Å². The third-order valence-electron chi connectivity index (χ3n) is 4.82. The fraction of sp³-hybridized carbons (Fsp3) is 0.688. The van der Waals surface area contributed by atoms with E-state index in [4.69, 9.17) is 23.2 Å². The molecule has 1 saturated carbocycles. The monoisotopic (exact) mass is 345 g/mol. The van der Waals surface area contributed by atoms with Crippen molar-refractivity contribution < 1.29 is 14.4 Å². The molecule has 3 unspecified atom stereocenters. The Kier molecular flexibility index (Phi) is 5.03. The fourth-order valence-corrected chi connectivity index (χ4v) is 3.62. The molecule has 1 saturated heterocycles. The zero-order valence-corrected chi connectivity index (χ0v) is 14.6. The number of allylic oxidation sites excluding steroid dienone is 1. The summed E-state index contributed by atoms with van der Waals surface area (Å²) in [5.74, 6) is -2.53. The summed E-state index contributed by atoms with van der Waals surface area (Å²) in [7, 11) is 0. The van der Waals surface area contributed by atoms with E-state index >= 15 is 0 Å². The summed E-state index contributed by atoms with van der Waals surface area (Å²) >= 11 is 11.4. The van der Waals surface area contributed by atoms with Crippen LogP contribution in [0, 0.1) is 23.2 Å². The van der Waals surface area contributed by atoms with Crippen LogP contribution < -0.4 is 0 Å². The molecule has 2 fully saturated rings. The standard InChI is InChI=1S/C16H21Cl2NO3/c1-4-5-6-19-8-10(20)12(15(19)22)14(21)13-9(7-11(17)18)16(13,2)3/h7,9,12-13H,4-6,8H2,1-3H3. The van der Waals surface area contributed by atoms with Crippen LogP contribution >= 0.6 is 23.2 Å². The van der Waals surface area contributed by atoms with Gasteiger partial charge < -0.3 is 4.90 Å². The lowest BCUT2D eigenvalue weighted by molar-refractivity contribution is -0.139. The summed E-state index contributed by atoms with van der Waals surface area (Å²) in [6, 6.07) is 0. The minimum atomic E-state index is -1.13. The first-order valence-corrected chi connectivity index (χ1v) is 8.35. The lowest BCUT2D eigenvalue weighted by atomic mass is 9.94. The van der Waals surface area contributed by atoms with Gasteiger partial charge in [-0.3, -0.25) is 14.4 Å². The van der Waals surface area contributed by atoms with E-state index in [-0.39, 0.29) is 45.8 Å². The number of halogens is 2. The molecule has 122 valence electrons. The SMILES string of the molecule is CCCCN1CC(=O)C(C(=O)C2C(C=C(Cl)Cl)C2(C)C)C1=O. The van der Waals surface area contributed by atoms with Gasteiger partial charge in [-0.1, -0.05) is 50.4 Å². The van der Waals surface area contributed by atoms with Crippen LogP contribution in [0.1, 0.15) is 33.6 Å². The van der Waals surface area contributed by atoms with Crippen molar-refractivity contribution in [2.75, 3.05) is 13.1 Å². The number of hydrogen-bond donors (Lipinski definition) is 0. The van der Waals surface area contributed by atoms with E-state index in [2.05, 4.69) is 0 Å². The smallest absolute Gasteiger partial charge is 0.241 e. The van der Waals surface area contributed by atoms with Crippen LogP contribution in [0.2, 0.25) is 0 Å². The number of unbranched alkanes of at least 4 members (excludes halogenated alkanes) is 1. The zero-order valence-electron chi connectivity index (χ0n) is 13.1. The number of hydrogen-bond acceptors (Lipinski definition) is 3. The third-order valence-corrected chi connectivity index (χ3v) is 5.07. The highest BCUT2D eigenvalue weighted by atomic mass is 35.5. The first-order chi connectivity index (χ1) is 10.2. The van der Waals surface area contributed by atoms with Crippen molar-refractivity contribution in [2.24, 2.45) is 23.2 Å². The Labute approximate surface area is 140 Å². The van der Waals surface area contributed by atoms with Crippen molar-refractivity contribution in [3.63, 3.8) is 0 Å². The Bertz CT molecular complexity index is 538. The molecule has 1 heterocycles. The second-order valence-electron chi connectivity index (χ2n) is 6.70. The second-order valence-corrected chi connectivity index (χ2v) is 7.70. The molecule has 2 rings (SSSR count). The van der Waals surface area contributed by atoms with E-state index in [9.17, 15) is 14.4 Å². The van der Waals surface area contributed by atoms with Crippen molar-refractivity contribution in [3.05, 3.63) is 10.6 Å². The minimum Gasteiger partial charge on any atom is -0.334 e. The lowest BCUT2D eigenvalue weighted by Gasteiger charge is -2.14. The largest absolute Gasteiger partial charge is 0.334 e. The number of carbonyl (C=O) groups excluding carboxylic acids is 3. The molecular formula is C16H21Cl2NO3. The highest BCUT2D eigenvalue weighted by molar-refractivity contribution is 6.55. The number of likely N-dealkylation sites (tertiary alicyclic amines) is 1. The van der Waals surface area contributed by atoms with Gasteiger partial charge in [0, 0.05) is 12.5 Å². The van der Waals surface area contributed by atoms with Gasteiger partial charge in [-0.15, -0.1) is 0 Å². The maximum atomic E-state index is 12.7. The van der Waals surface area contributed by atoms with Crippen LogP contribution in [-0.2, 0) is 14.4 Å². The molecule has 22 heavy (non-hydrogen) atoms. The van der Waals surface area contributed by atoms with E-state index in [0.29, 0.717) is 6.54 Å². The minimum absolute atomic E-state index is 0.0547. The Balaban J connectivity index is 2.12. The molecule has 0 radical (unpaired) electrons. The predicted octanol–water partition coefficient (Wildman–Crippen LogP) is 2.97. The fourth-order valence-electron chi connectivity index (χ4n) is 3.34. The normalized spacial score (nSPS) is 29.7. The molecule has 4 nitrogen and oxygen atoms in total. The third kappa shape index (κ3) is 3.09. The average molecular weight is 346 g/mol. The number of Topliss-reactive ketones (excluding diaryl/α,β-unsaturated/α-hetero) is 2. The highest BCUT2D eigenvalue weighted by Gasteiger charge is 2.63. The molecule has 0 N–H and O–H groups in total.